The summed E-state index contributed by atoms with van der Waals surface area (Å²) in [4.78, 5) is 34.6. The molecule has 0 spiro atoms. The zero-order valence-electron chi connectivity index (χ0n) is 13.7. The molecule has 23 heavy (non-hydrogen) atoms. The van der Waals surface area contributed by atoms with E-state index in [2.05, 4.69) is 10.6 Å². The monoisotopic (exact) mass is 322 g/mol. The first kappa shape index (κ1) is 18.5. The summed E-state index contributed by atoms with van der Waals surface area (Å²) in [5.41, 5.74) is 0.999. The lowest BCUT2D eigenvalue weighted by molar-refractivity contribution is -0.154. The molecule has 7 heteroatoms. The highest BCUT2D eigenvalue weighted by atomic mass is 16.6. The van der Waals surface area contributed by atoms with Crippen LogP contribution in [0.4, 0.5) is 4.79 Å². The van der Waals surface area contributed by atoms with Crippen molar-refractivity contribution in [1.29, 1.82) is 0 Å². The standard InChI is InChI=1S/C16H22N2O5/c1-10(2)17-16(21)18-14(19)9-22-15(20)12(4)23-13-7-5-6-11(3)8-13/h5-8,10,12H,9H2,1-4H3,(H2,17,18,19,21)/t12-/m1/s1. The van der Waals surface area contributed by atoms with Crippen LogP contribution in [-0.4, -0.2) is 36.7 Å². The molecule has 1 aromatic carbocycles. The minimum absolute atomic E-state index is 0.104. The van der Waals surface area contributed by atoms with Gasteiger partial charge in [0.1, 0.15) is 5.75 Å². The molecule has 0 aliphatic rings. The molecular weight excluding hydrogens is 300 g/mol. The third kappa shape index (κ3) is 7.30. The maximum Gasteiger partial charge on any atom is 0.347 e. The van der Waals surface area contributed by atoms with Gasteiger partial charge in [-0.05, 0) is 45.4 Å². The number of benzene rings is 1. The Labute approximate surface area is 135 Å². The van der Waals surface area contributed by atoms with Crippen molar-refractivity contribution in [1.82, 2.24) is 10.6 Å². The second-order valence-electron chi connectivity index (χ2n) is 5.36. The highest BCUT2D eigenvalue weighted by molar-refractivity contribution is 5.95. The minimum Gasteiger partial charge on any atom is -0.479 e. The summed E-state index contributed by atoms with van der Waals surface area (Å²) < 4.78 is 10.3. The van der Waals surface area contributed by atoms with Gasteiger partial charge in [0, 0.05) is 6.04 Å². The molecule has 0 heterocycles. The first-order chi connectivity index (χ1) is 10.8. The number of urea groups is 1. The van der Waals surface area contributed by atoms with Gasteiger partial charge in [0.05, 0.1) is 0 Å². The molecule has 0 saturated heterocycles. The molecular formula is C16H22N2O5. The second kappa shape index (κ2) is 8.77. The summed E-state index contributed by atoms with van der Waals surface area (Å²) >= 11 is 0. The highest BCUT2D eigenvalue weighted by Gasteiger charge is 2.18. The SMILES string of the molecule is Cc1cccc(O[C@H](C)C(=O)OCC(=O)NC(=O)NC(C)C)c1. The maximum absolute atomic E-state index is 11.8. The van der Waals surface area contributed by atoms with Crippen LogP contribution in [0.5, 0.6) is 5.75 Å². The van der Waals surface area contributed by atoms with Crippen molar-refractivity contribution < 1.29 is 23.9 Å². The van der Waals surface area contributed by atoms with Crippen LogP contribution in [0.2, 0.25) is 0 Å². The van der Waals surface area contributed by atoms with E-state index in [-0.39, 0.29) is 6.04 Å². The average Bonchev–Trinajstić information content (AvgIpc) is 2.43. The number of rotatable bonds is 6. The number of carbonyl (C=O) groups is 3. The molecule has 7 nitrogen and oxygen atoms in total. The predicted molar refractivity (Wildman–Crippen MR) is 84.0 cm³/mol. The normalized spacial score (nSPS) is 11.5. The van der Waals surface area contributed by atoms with E-state index in [1.165, 1.54) is 6.92 Å². The molecule has 0 saturated carbocycles. The van der Waals surface area contributed by atoms with E-state index in [1.807, 2.05) is 19.1 Å². The van der Waals surface area contributed by atoms with E-state index in [4.69, 9.17) is 9.47 Å². The summed E-state index contributed by atoms with van der Waals surface area (Å²) in [5, 5.41) is 4.54. The molecule has 0 aliphatic carbocycles. The van der Waals surface area contributed by atoms with Crippen molar-refractivity contribution in [2.75, 3.05) is 6.61 Å². The van der Waals surface area contributed by atoms with E-state index in [0.717, 1.165) is 5.56 Å². The van der Waals surface area contributed by atoms with Crippen molar-refractivity contribution in [2.24, 2.45) is 0 Å². The average molecular weight is 322 g/mol. The van der Waals surface area contributed by atoms with Crippen molar-refractivity contribution in [2.45, 2.75) is 39.8 Å². The van der Waals surface area contributed by atoms with Gasteiger partial charge in [-0.25, -0.2) is 9.59 Å². The Morgan fingerprint density at radius 1 is 1.17 bits per heavy atom. The van der Waals surface area contributed by atoms with E-state index in [9.17, 15) is 14.4 Å². The van der Waals surface area contributed by atoms with Crippen LogP contribution < -0.4 is 15.4 Å². The maximum atomic E-state index is 11.8. The molecule has 126 valence electrons. The Bertz CT molecular complexity index is 571. The van der Waals surface area contributed by atoms with Crippen LogP contribution in [0.1, 0.15) is 26.3 Å². The number of ether oxygens (including phenoxy) is 2. The number of amides is 3. The lowest BCUT2D eigenvalue weighted by Gasteiger charge is -2.14. The van der Waals surface area contributed by atoms with E-state index >= 15 is 0 Å². The van der Waals surface area contributed by atoms with Gasteiger partial charge in [-0.2, -0.15) is 0 Å². The number of imide groups is 1. The third-order valence-electron chi connectivity index (χ3n) is 2.65. The summed E-state index contributed by atoms with van der Waals surface area (Å²) in [6.45, 7) is 6.39. The topological polar surface area (TPSA) is 93.7 Å². The largest absolute Gasteiger partial charge is 0.479 e. The Kier molecular flexibility index (Phi) is 7.05. The zero-order valence-corrected chi connectivity index (χ0v) is 13.7. The molecule has 1 atom stereocenters. The van der Waals surface area contributed by atoms with Gasteiger partial charge in [0.25, 0.3) is 5.91 Å². The molecule has 0 radical (unpaired) electrons. The molecule has 3 amide bonds. The van der Waals surface area contributed by atoms with Gasteiger partial charge in [0.2, 0.25) is 0 Å². The summed E-state index contributed by atoms with van der Waals surface area (Å²) in [5.74, 6) is -0.861. The van der Waals surface area contributed by atoms with Gasteiger partial charge < -0.3 is 14.8 Å². The number of hydrogen-bond acceptors (Lipinski definition) is 5. The van der Waals surface area contributed by atoms with Crippen molar-refractivity contribution in [3.63, 3.8) is 0 Å². The van der Waals surface area contributed by atoms with Gasteiger partial charge in [0.15, 0.2) is 12.7 Å². The molecule has 0 aliphatic heterocycles. The third-order valence-corrected chi connectivity index (χ3v) is 2.65. The molecule has 1 aromatic rings. The summed E-state index contributed by atoms with van der Waals surface area (Å²) in [6.07, 6.45) is -0.867. The second-order valence-corrected chi connectivity index (χ2v) is 5.36. The number of hydrogen-bond donors (Lipinski definition) is 2. The Hall–Kier alpha value is -2.57. The van der Waals surface area contributed by atoms with E-state index in [1.54, 1.807) is 26.0 Å². The zero-order chi connectivity index (χ0) is 17.4. The van der Waals surface area contributed by atoms with Crippen LogP contribution in [0.25, 0.3) is 0 Å². The molecule has 0 aromatic heterocycles. The summed E-state index contributed by atoms with van der Waals surface area (Å²) in [7, 11) is 0. The summed E-state index contributed by atoms with van der Waals surface area (Å²) in [6, 6.07) is 6.48. The number of aryl methyl sites for hydroxylation is 1. The quantitative estimate of drug-likeness (QED) is 0.775. The molecule has 1 rings (SSSR count). The predicted octanol–water partition coefficient (Wildman–Crippen LogP) is 1.54. The molecule has 0 fully saturated rings. The van der Waals surface area contributed by atoms with Gasteiger partial charge in [-0.3, -0.25) is 10.1 Å². The smallest absolute Gasteiger partial charge is 0.347 e. The fraction of sp³-hybridized carbons (Fsp3) is 0.438. The Morgan fingerprint density at radius 2 is 1.87 bits per heavy atom. The van der Waals surface area contributed by atoms with Crippen LogP contribution in [0.15, 0.2) is 24.3 Å². The number of esters is 1. The van der Waals surface area contributed by atoms with Crippen molar-refractivity contribution in [3.05, 3.63) is 29.8 Å². The molecule has 0 bridgehead atoms. The molecule has 2 N–H and O–H groups in total. The highest BCUT2D eigenvalue weighted by Crippen LogP contribution is 2.14. The lowest BCUT2D eigenvalue weighted by Crippen LogP contribution is -2.44. The van der Waals surface area contributed by atoms with Gasteiger partial charge in [-0.15, -0.1) is 0 Å². The van der Waals surface area contributed by atoms with Gasteiger partial charge >= 0.3 is 12.0 Å². The van der Waals surface area contributed by atoms with E-state index < -0.39 is 30.6 Å². The van der Waals surface area contributed by atoms with E-state index in [0.29, 0.717) is 5.75 Å². The number of nitrogens with one attached hydrogen (secondary N) is 2. The fourth-order valence-corrected chi connectivity index (χ4v) is 1.66. The lowest BCUT2D eigenvalue weighted by atomic mass is 10.2. The van der Waals surface area contributed by atoms with Gasteiger partial charge in [-0.1, -0.05) is 12.1 Å². The van der Waals surface area contributed by atoms with Crippen LogP contribution >= 0.6 is 0 Å². The first-order valence-electron chi connectivity index (χ1n) is 7.28. The molecule has 0 unspecified atom stereocenters. The number of carbonyl (C=O) groups excluding carboxylic acids is 3. The van der Waals surface area contributed by atoms with Crippen molar-refractivity contribution in [3.8, 4) is 5.75 Å². The van der Waals surface area contributed by atoms with Crippen molar-refractivity contribution >= 4 is 17.9 Å². The Balaban J connectivity index is 2.37. The van der Waals surface area contributed by atoms with Crippen LogP contribution in [-0.2, 0) is 14.3 Å². The minimum atomic E-state index is -0.867. The van der Waals surface area contributed by atoms with Crippen LogP contribution in [0.3, 0.4) is 0 Å². The van der Waals surface area contributed by atoms with Crippen LogP contribution in [0, 0.1) is 6.92 Å². The first-order valence-corrected chi connectivity index (χ1v) is 7.28. The Morgan fingerprint density at radius 3 is 2.48 bits per heavy atom. The fourth-order valence-electron chi connectivity index (χ4n) is 1.66.